The molecular formula is C19H17N3O3. The van der Waals surface area contributed by atoms with Crippen LogP contribution >= 0.6 is 0 Å². The van der Waals surface area contributed by atoms with Gasteiger partial charge in [0.15, 0.2) is 11.5 Å². The number of phenols is 1. The van der Waals surface area contributed by atoms with Gasteiger partial charge in [0.05, 0.1) is 36.3 Å². The molecule has 0 saturated carbocycles. The second-order valence-electron chi connectivity index (χ2n) is 6.18. The van der Waals surface area contributed by atoms with Gasteiger partial charge >= 0.3 is 0 Å². The Morgan fingerprint density at radius 1 is 1.28 bits per heavy atom. The average Bonchev–Trinajstić information content (AvgIpc) is 2.63. The summed E-state index contributed by atoms with van der Waals surface area (Å²) in [4.78, 5) is 19.1. The number of methoxy groups -OCH3 is 1. The lowest BCUT2D eigenvalue weighted by molar-refractivity contribution is 0.0697. The molecule has 2 aromatic carbocycles. The summed E-state index contributed by atoms with van der Waals surface area (Å²) >= 11 is 0. The SMILES string of the molecule is COc1cc2c(cc1O)N=CC(=N)C1Cc3ccccc3CN1C2=O. The van der Waals surface area contributed by atoms with E-state index in [-0.39, 0.29) is 29.2 Å². The van der Waals surface area contributed by atoms with Crippen LogP contribution in [0.2, 0.25) is 0 Å². The summed E-state index contributed by atoms with van der Waals surface area (Å²) in [5.41, 5.74) is 3.22. The first kappa shape index (κ1) is 15.4. The molecule has 1 atom stereocenters. The Kier molecular flexibility index (Phi) is 3.53. The number of phenolic OH excluding ortho intramolecular Hbond substituents is 1. The van der Waals surface area contributed by atoms with Crippen molar-refractivity contribution in [3.8, 4) is 11.5 Å². The molecule has 126 valence electrons. The van der Waals surface area contributed by atoms with Gasteiger partial charge in [0.1, 0.15) is 0 Å². The predicted molar refractivity (Wildman–Crippen MR) is 94.3 cm³/mol. The zero-order valence-electron chi connectivity index (χ0n) is 13.7. The Bertz CT molecular complexity index is 920. The minimum absolute atomic E-state index is 0.0844. The number of benzene rings is 2. The van der Waals surface area contributed by atoms with E-state index in [9.17, 15) is 9.90 Å². The van der Waals surface area contributed by atoms with Crippen molar-refractivity contribution in [2.24, 2.45) is 4.99 Å². The number of nitrogens with zero attached hydrogens (tertiary/aromatic N) is 2. The molecule has 0 radical (unpaired) electrons. The van der Waals surface area contributed by atoms with Crippen molar-refractivity contribution in [3.63, 3.8) is 0 Å². The maximum absolute atomic E-state index is 13.2. The fourth-order valence-electron chi connectivity index (χ4n) is 3.39. The zero-order valence-corrected chi connectivity index (χ0v) is 13.7. The van der Waals surface area contributed by atoms with Crippen LogP contribution in [0, 0.1) is 5.41 Å². The second-order valence-corrected chi connectivity index (χ2v) is 6.18. The normalized spacial score (nSPS) is 18.8. The highest BCUT2D eigenvalue weighted by Crippen LogP contribution is 2.37. The van der Waals surface area contributed by atoms with Gasteiger partial charge in [-0.05, 0) is 23.6 Å². The molecule has 0 bridgehead atoms. The van der Waals surface area contributed by atoms with Crippen LogP contribution in [0.3, 0.4) is 0 Å². The molecule has 0 spiro atoms. The topological polar surface area (TPSA) is 86.0 Å². The van der Waals surface area contributed by atoms with Gasteiger partial charge in [-0.25, -0.2) is 0 Å². The highest BCUT2D eigenvalue weighted by molar-refractivity contribution is 6.33. The molecule has 6 heteroatoms. The lowest BCUT2D eigenvalue weighted by atomic mass is 9.90. The average molecular weight is 335 g/mol. The van der Waals surface area contributed by atoms with E-state index in [4.69, 9.17) is 10.1 Å². The Morgan fingerprint density at radius 3 is 2.80 bits per heavy atom. The Morgan fingerprint density at radius 2 is 2.04 bits per heavy atom. The van der Waals surface area contributed by atoms with Gasteiger partial charge < -0.3 is 20.2 Å². The second kappa shape index (κ2) is 5.73. The summed E-state index contributed by atoms with van der Waals surface area (Å²) in [7, 11) is 1.44. The molecule has 1 amide bonds. The number of carbonyl (C=O) groups is 1. The van der Waals surface area contributed by atoms with Crippen LogP contribution in [-0.2, 0) is 13.0 Å². The first-order chi connectivity index (χ1) is 12.1. The smallest absolute Gasteiger partial charge is 0.257 e. The van der Waals surface area contributed by atoms with Gasteiger partial charge in [0, 0.05) is 12.6 Å². The molecule has 4 rings (SSSR count). The number of fused-ring (bicyclic) bond motifs is 3. The Labute approximate surface area is 144 Å². The van der Waals surface area contributed by atoms with E-state index in [0.29, 0.717) is 24.2 Å². The molecule has 0 aromatic heterocycles. The number of nitrogens with one attached hydrogen (secondary N) is 1. The van der Waals surface area contributed by atoms with Crippen LogP contribution in [0.15, 0.2) is 41.4 Å². The third kappa shape index (κ3) is 2.46. The number of aromatic hydroxyl groups is 1. The molecule has 2 N–H and O–H groups in total. The molecule has 6 nitrogen and oxygen atoms in total. The van der Waals surface area contributed by atoms with Crippen molar-refractivity contribution in [3.05, 3.63) is 53.1 Å². The maximum Gasteiger partial charge on any atom is 0.257 e. The van der Waals surface area contributed by atoms with E-state index >= 15 is 0 Å². The molecular weight excluding hydrogens is 318 g/mol. The summed E-state index contributed by atoms with van der Waals surface area (Å²) in [6, 6.07) is 10.5. The molecule has 25 heavy (non-hydrogen) atoms. The minimum Gasteiger partial charge on any atom is -0.504 e. The van der Waals surface area contributed by atoms with Crippen molar-refractivity contribution < 1.29 is 14.6 Å². The predicted octanol–water partition coefficient (Wildman–Crippen LogP) is 2.70. The summed E-state index contributed by atoms with van der Waals surface area (Å²) in [5, 5.41) is 18.3. The Balaban J connectivity index is 1.85. The molecule has 2 heterocycles. The van der Waals surface area contributed by atoms with E-state index in [1.54, 1.807) is 4.90 Å². The number of carbonyl (C=O) groups excluding carboxylic acids is 1. The fourth-order valence-corrected chi connectivity index (χ4v) is 3.39. The first-order valence-electron chi connectivity index (χ1n) is 7.99. The van der Waals surface area contributed by atoms with Crippen molar-refractivity contribution >= 4 is 23.5 Å². The zero-order chi connectivity index (χ0) is 17.6. The molecule has 2 aromatic rings. The first-order valence-corrected chi connectivity index (χ1v) is 7.99. The molecule has 0 aliphatic carbocycles. The third-order valence-electron chi connectivity index (χ3n) is 4.74. The quantitative estimate of drug-likeness (QED) is 0.840. The van der Waals surface area contributed by atoms with E-state index in [0.717, 1.165) is 11.1 Å². The summed E-state index contributed by atoms with van der Waals surface area (Å²) in [5.74, 6) is -0.0693. The third-order valence-corrected chi connectivity index (χ3v) is 4.74. The molecule has 2 aliphatic rings. The monoisotopic (exact) mass is 335 g/mol. The number of hydrogen-bond donors (Lipinski definition) is 2. The molecule has 2 aliphatic heterocycles. The van der Waals surface area contributed by atoms with Gasteiger partial charge in [-0.15, -0.1) is 0 Å². The van der Waals surface area contributed by atoms with Crippen molar-refractivity contribution in [1.82, 2.24) is 4.90 Å². The standard InChI is InChI=1S/C19H17N3O3/c1-25-18-7-13-15(8-17(18)23)21-9-14(20)16-6-11-4-2-3-5-12(11)10-22(16)19(13)24/h2-5,7-9,16,20,23H,6,10H2,1H3. The van der Waals surface area contributed by atoms with Gasteiger partial charge in [-0.1, -0.05) is 24.3 Å². The molecule has 0 fully saturated rings. The largest absolute Gasteiger partial charge is 0.504 e. The van der Waals surface area contributed by atoms with Gasteiger partial charge in [-0.2, -0.15) is 0 Å². The van der Waals surface area contributed by atoms with E-state index in [1.807, 2.05) is 24.3 Å². The van der Waals surface area contributed by atoms with Crippen LogP contribution in [0.1, 0.15) is 21.5 Å². The summed E-state index contributed by atoms with van der Waals surface area (Å²) in [6.45, 7) is 0.443. The fraction of sp³-hybridized carbons (Fsp3) is 0.211. The minimum atomic E-state index is -0.348. The molecule has 1 unspecified atom stereocenters. The van der Waals surface area contributed by atoms with Gasteiger partial charge in [0.25, 0.3) is 5.91 Å². The van der Waals surface area contributed by atoms with Crippen LogP contribution in [0.25, 0.3) is 0 Å². The van der Waals surface area contributed by atoms with Crippen molar-refractivity contribution in [2.75, 3.05) is 7.11 Å². The van der Waals surface area contributed by atoms with Crippen LogP contribution < -0.4 is 4.74 Å². The summed E-state index contributed by atoms with van der Waals surface area (Å²) < 4.78 is 5.13. The number of ether oxygens (including phenoxy) is 1. The number of amides is 1. The van der Waals surface area contributed by atoms with Crippen molar-refractivity contribution in [2.45, 2.75) is 19.0 Å². The number of aliphatic imine (C=N–C) groups is 1. The van der Waals surface area contributed by atoms with Crippen LogP contribution in [0.4, 0.5) is 5.69 Å². The molecule has 0 saturated heterocycles. The van der Waals surface area contributed by atoms with Crippen molar-refractivity contribution in [1.29, 1.82) is 5.41 Å². The van der Waals surface area contributed by atoms with Crippen LogP contribution in [0.5, 0.6) is 11.5 Å². The van der Waals surface area contributed by atoms with E-state index in [1.165, 1.54) is 25.5 Å². The van der Waals surface area contributed by atoms with E-state index < -0.39 is 0 Å². The lowest BCUT2D eigenvalue weighted by Gasteiger charge is -2.37. The summed E-state index contributed by atoms with van der Waals surface area (Å²) in [6.07, 6.45) is 2.06. The number of hydrogen-bond acceptors (Lipinski definition) is 5. The highest BCUT2D eigenvalue weighted by Gasteiger charge is 2.35. The number of rotatable bonds is 1. The maximum atomic E-state index is 13.2. The lowest BCUT2D eigenvalue weighted by Crippen LogP contribution is -2.49. The Hall–Kier alpha value is -3.15. The van der Waals surface area contributed by atoms with Crippen LogP contribution in [-0.4, -0.2) is 41.0 Å². The van der Waals surface area contributed by atoms with Gasteiger partial charge in [0.2, 0.25) is 0 Å². The van der Waals surface area contributed by atoms with Gasteiger partial charge in [-0.3, -0.25) is 9.79 Å². The van der Waals surface area contributed by atoms with E-state index in [2.05, 4.69) is 4.99 Å². The highest BCUT2D eigenvalue weighted by atomic mass is 16.5.